The second kappa shape index (κ2) is 6.00. The summed E-state index contributed by atoms with van der Waals surface area (Å²) in [6, 6.07) is 1.49. The molecule has 0 amide bonds. The fraction of sp³-hybridized carbons (Fsp3) is 0.182. The van der Waals surface area contributed by atoms with E-state index in [1.54, 1.807) is 6.08 Å². The Labute approximate surface area is 103 Å². The number of methoxy groups -OCH3 is 1. The number of aliphatic carboxylic acids is 1. The molecule has 90 valence electrons. The highest BCUT2D eigenvalue weighted by atomic mass is 35.5. The van der Waals surface area contributed by atoms with Gasteiger partial charge in [-0.1, -0.05) is 23.8 Å². The largest absolute Gasteiger partial charge is 0.481 e. The smallest absolute Gasteiger partial charge is 0.341 e. The van der Waals surface area contributed by atoms with Crippen LogP contribution in [0, 0.1) is 0 Å². The maximum atomic E-state index is 11.3. The Hall–Kier alpha value is -1.88. The molecule has 1 rings (SSSR count). The van der Waals surface area contributed by atoms with E-state index in [2.05, 4.69) is 9.72 Å². The highest BCUT2D eigenvalue weighted by molar-refractivity contribution is 6.32. The zero-order valence-electron chi connectivity index (χ0n) is 9.01. The van der Waals surface area contributed by atoms with Gasteiger partial charge < -0.3 is 9.84 Å². The number of nitrogens with zero attached hydrogens (tertiary/aromatic N) is 1. The molecule has 1 N–H and O–H groups in total. The lowest BCUT2D eigenvalue weighted by Crippen LogP contribution is -2.03. The SMILES string of the molecule is COC(=O)c1cc(C=CCC(=O)O)cnc1Cl. The number of esters is 1. The average molecular weight is 256 g/mol. The lowest BCUT2D eigenvalue weighted by molar-refractivity contribution is -0.135. The zero-order valence-corrected chi connectivity index (χ0v) is 9.77. The molecule has 0 aliphatic carbocycles. The van der Waals surface area contributed by atoms with Gasteiger partial charge in [-0.3, -0.25) is 4.79 Å². The minimum absolute atomic E-state index is 0.0484. The lowest BCUT2D eigenvalue weighted by atomic mass is 10.2. The predicted octanol–water partition coefficient (Wildman–Crippen LogP) is 2.01. The van der Waals surface area contributed by atoms with Crippen molar-refractivity contribution >= 4 is 29.6 Å². The molecule has 0 atom stereocenters. The normalized spacial score (nSPS) is 10.5. The summed E-state index contributed by atoms with van der Waals surface area (Å²) in [6.07, 6.45) is 4.33. The average Bonchev–Trinajstić information content (AvgIpc) is 2.30. The third-order valence-corrected chi connectivity index (χ3v) is 2.17. The highest BCUT2D eigenvalue weighted by Gasteiger charge is 2.11. The van der Waals surface area contributed by atoms with Crippen molar-refractivity contribution < 1.29 is 19.4 Å². The quantitative estimate of drug-likeness (QED) is 0.658. The van der Waals surface area contributed by atoms with Crippen LogP contribution < -0.4 is 0 Å². The number of hydrogen-bond acceptors (Lipinski definition) is 4. The molecule has 5 nitrogen and oxygen atoms in total. The van der Waals surface area contributed by atoms with E-state index < -0.39 is 11.9 Å². The Morgan fingerprint density at radius 2 is 2.29 bits per heavy atom. The van der Waals surface area contributed by atoms with Crippen LogP contribution in [0.4, 0.5) is 0 Å². The van der Waals surface area contributed by atoms with E-state index in [0.29, 0.717) is 5.56 Å². The summed E-state index contributed by atoms with van der Waals surface area (Å²) >= 11 is 5.72. The molecule has 0 spiro atoms. The van der Waals surface area contributed by atoms with Gasteiger partial charge in [-0.15, -0.1) is 0 Å². The minimum Gasteiger partial charge on any atom is -0.481 e. The molecule has 0 bridgehead atoms. The fourth-order valence-corrected chi connectivity index (χ4v) is 1.28. The van der Waals surface area contributed by atoms with E-state index in [1.165, 1.54) is 25.4 Å². The van der Waals surface area contributed by atoms with Crippen molar-refractivity contribution in [3.05, 3.63) is 34.6 Å². The van der Waals surface area contributed by atoms with Gasteiger partial charge >= 0.3 is 11.9 Å². The topological polar surface area (TPSA) is 76.5 Å². The first-order valence-corrected chi connectivity index (χ1v) is 5.04. The number of carbonyl (C=O) groups excluding carboxylic acids is 1. The Balaban J connectivity index is 2.92. The zero-order chi connectivity index (χ0) is 12.8. The van der Waals surface area contributed by atoms with Gasteiger partial charge in [0.05, 0.1) is 19.1 Å². The van der Waals surface area contributed by atoms with Crippen molar-refractivity contribution in [1.29, 1.82) is 0 Å². The third-order valence-electron chi connectivity index (χ3n) is 1.87. The van der Waals surface area contributed by atoms with Gasteiger partial charge in [0.15, 0.2) is 0 Å². The monoisotopic (exact) mass is 255 g/mol. The lowest BCUT2D eigenvalue weighted by Gasteiger charge is -2.02. The predicted molar refractivity (Wildman–Crippen MR) is 61.9 cm³/mol. The molecule has 0 aliphatic heterocycles. The fourth-order valence-electron chi connectivity index (χ4n) is 1.10. The second-order valence-electron chi connectivity index (χ2n) is 3.10. The molecule has 1 aromatic rings. The van der Waals surface area contributed by atoms with Gasteiger partial charge in [0, 0.05) is 6.20 Å². The van der Waals surface area contributed by atoms with Gasteiger partial charge in [0.2, 0.25) is 0 Å². The van der Waals surface area contributed by atoms with E-state index in [9.17, 15) is 9.59 Å². The molecular weight excluding hydrogens is 246 g/mol. The molecule has 1 aromatic heterocycles. The number of pyridine rings is 1. The first-order chi connectivity index (χ1) is 8.04. The molecule has 6 heteroatoms. The molecule has 0 fully saturated rings. The number of rotatable bonds is 4. The van der Waals surface area contributed by atoms with Gasteiger partial charge in [-0.25, -0.2) is 9.78 Å². The summed E-state index contributed by atoms with van der Waals surface area (Å²) in [7, 11) is 1.24. The van der Waals surface area contributed by atoms with Gasteiger partial charge in [-0.05, 0) is 11.6 Å². The van der Waals surface area contributed by atoms with Crippen LogP contribution in [-0.2, 0) is 9.53 Å². The number of carboxylic acids is 1. The summed E-state index contributed by atoms with van der Waals surface area (Å²) in [5, 5.41) is 8.50. The van der Waals surface area contributed by atoms with Crippen LogP contribution >= 0.6 is 11.6 Å². The Kier molecular flexibility index (Phi) is 4.66. The maximum Gasteiger partial charge on any atom is 0.341 e. The first-order valence-electron chi connectivity index (χ1n) is 4.66. The number of ether oxygens (including phenoxy) is 1. The minimum atomic E-state index is -0.934. The van der Waals surface area contributed by atoms with Crippen LogP contribution in [0.3, 0.4) is 0 Å². The van der Waals surface area contributed by atoms with E-state index in [-0.39, 0.29) is 17.1 Å². The van der Waals surface area contributed by atoms with Gasteiger partial charge in [0.1, 0.15) is 5.15 Å². The Morgan fingerprint density at radius 1 is 1.59 bits per heavy atom. The molecule has 0 saturated carbocycles. The third kappa shape index (κ3) is 3.88. The van der Waals surface area contributed by atoms with E-state index in [1.807, 2.05) is 0 Å². The number of carbonyl (C=O) groups is 2. The van der Waals surface area contributed by atoms with Crippen molar-refractivity contribution in [3.63, 3.8) is 0 Å². The number of carboxylic acid groups (broad SMARTS) is 1. The highest BCUT2D eigenvalue weighted by Crippen LogP contribution is 2.16. The van der Waals surface area contributed by atoms with Crippen molar-refractivity contribution in [1.82, 2.24) is 4.98 Å². The molecule has 0 aliphatic rings. The standard InChI is InChI=1S/C11H10ClNO4/c1-17-11(16)8-5-7(6-13-10(8)12)3-2-4-9(14)15/h2-3,5-6H,4H2,1H3,(H,14,15). The van der Waals surface area contributed by atoms with Crippen LogP contribution in [0.5, 0.6) is 0 Å². The Bertz CT molecular complexity index is 471. The number of aromatic nitrogens is 1. The Morgan fingerprint density at radius 3 is 2.88 bits per heavy atom. The molecule has 0 radical (unpaired) electrons. The molecule has 0 unspecified atom stereocenters. The van der Waals surface area contributed by atoms with E-state index in [0.717, 1.165) is 0 Å². The summed E-state index contributed by atoms with van der Waals surface area (Å²) in [6.45, 7) is 0. The van der Waals surface area contributed by atoms with Crippen LogP contribution in [0.15, 0.2) is 18.3 Å². The van der Waals surface area contributed by atoms with Crippen LogP contribution in [0.2, 0.25) is 5.15 Å². The van der Waals surface area contributed by atoms with Crippen molar-refractivity contribution in [2.75, 3.05) is 7.11 Å². The molecule has 0 saturated heterocycles. The molecule has 1 heterocycles. The maximum absolute atomic E-state index is 11.3. The molecule has 0 aromatic carbocycles. The molecular formula is C11H10ClNO4. The van der Waals surface area contributed by atoms with Crippen molar-refractivity contribution in [2.45, 2.75) is 6.42 Å². The summed E-state index contributed by atoms with van der Waals surface area (Å²) in [4.78, 5) is 25.4. The van der Waals surface area contributed by atoms with Gasteiger partial charge in [0.25, 0.3) is 0 Å². The van der Waals surface area contributed by atoms with Crippen LogP contribution in [0.1, 0.15) is 22.3 Å². The van der Waals surface area contributed by atoms with Crippen LogP contribution in [-0.4, -0.2) is 29.1 Å². The first kappa shape index (κ1) is 13.2. The van der Waals surface area contributed by atoms with Crippen molar-refractivity contribution in [3.8, 4) is 0 Å². The van der Waals surface area contributed by atoms with Crippen molar-refractivity contribution in [2.24, 2.45) is 0 Å². The van der Waals surface area contributed by atoms with E-state index in [4.69, 9.17) is 16.7 Å². The van der Waals surface area contributed by atoms with Crippen LogP contribution in [0.25, 0.3) is 6.08 Å². The molecule has 17 heavy (non-hydrogen) atoms. The van der Waals surface area contributed by atoms with E-state index >= 15 is 0 Å². The summed E-state index contributed by atoms with van der Waals surface area (Å²) in [5.74, 6) is -1.52. The number of halogens is 1. The summed E-state index contributed by atoms with van der Waals surface area (Å²) in [5.41, 5.74) is 0.725. The second-order valence-corrected chi connectivity index (χ2v) is 3.46. The summed E-state index contributed by atoms with van der Waals surface area (Å²) < 4.78 is 4.53. The number of hydrogen-bond donors (Lipinski definition) is 1. The van der Waals surface area contributed by atoms with Gasteiger partial charge in [-0.2, -0.15) is 0 Å².